The smallest absolute Gasteiger partial charge is 0.338 e. The number of carbonyl (C=O) groups excluding carboxylic acids is 2. The summed E-state index contributed by atoms with van der Waals surface area (Å²) in [7, 11) is 1.36. The van der Waals surface area contributed by atoms with E-state index in [9.17, 15) is 9.59 Å². The second-order valence-electron chi connectivity index (χ2n) is 8.15. The van der Waals surface area contributed by atoms with Gasteiger partial charge in [-0.1, -0.05) is 48.5 Å². The zero-order valence-electron chi connectivity index (χ0n) is 17.9. The lowest BCUT2D eigenvalue weighted by Gasteiger charge is -2.37. The first kappa shape index (κ1) is 22.0. The maximum atomic E-state index is 13.1. The molecule has 31 heavy (non-hydrogen) atoms. The Morgan fingerprint density at radius 3 is 2.65 bits per heavy atom. The maximum absolute atomic E-state index is 13.1. The number of piperidine rings is 1. The van der Waals surface area contributed by atoms with Gasteiger partial charge in [0.05, 0.1) is 30.8 Å². The van der Waals surface area contributed by atoms with Crippen LogP contribution in [-0.2, 0) is 14.3 Å². The van der Waals surface area contributed by atoms with E-state index < -0.39 is 12.0 Å². The Hall–Kier alpha value is -2.25. The van der Waals surface area contributed by atoms with E-state index in [2.05, 4.69) is 11.9 Å². The molecule has 0 saturated carbocycles. The number of aliphatic imine (C=N–C) groups is 1. The van der Waals surface area contributed by atoms with Gasteiger partial charge in [-0.25, -0.2) is 9.79 Å². The highest BCUT2D eigenvalue weighted by Gasteiger charge is 2.42. The van der Waals surface area contributed by atoms with Gasteiger partial charge in [-0.05, 0) is 42.7 Å². The molecule has 1 aromatic rings. The van der Waals surface area contributed by atoms with E-state index in [-0.39, 0.29) is 12.3 Å². The molecule has 1 aromatic carbocycles. The second-order valence-corrected chi connectivity index (χ2v) is 9.39. The molecule has 0 aliphatic carbocycles. The summed E-state index contributed by atoms with van der Waals surface area (Å²) < 4.78 is 5.08. The number of thioether (sulfide) groups is 1. The van der Waals surface area contributed by atoms with Gasteiger partial charge in [0.1, 0.15) is 0 Å². The van der Waals surface area contributed by atoms with E-state index in [1.807, 2.05) is 33.4 Å². The first-order valence-electron chi connectivity index (χ1n) is 10.5. The van der Waals surface area contributed by atoms with Crippen LogP contribution in [0.15, 0.2) is 51.6 Å². The monoisotopic (exact) mass is 459 g/mol. The van der Waals surface area contributed by atoms with Crippen molar-refractivity contribution in [1.29, 1.82) is 0 Å². The molecule has 8 heteroatoms. The third-order valence-electron chi connectivity index (χ3n) is 6.07. The lowest BCUT2D eigenvalue weighted by atomic mass is 9.93. The topological polar surface area (TPSA) is 62.2 Å². The van der Waals surface area contributed by atoms with E-state index in [1.165, 1.54) is 18.9 Å². The zero-order chi connectivity index (χ0) is 22.1. The first-order valence-corrected chi connectivity index (χ1v) is 11.7. The number of hydrogen-bond donors (Lipinski definition) is 0. The van der Waals surface area contributed by atoms with Crippen molar-refractivity contribution in [3.63, 3.8) is 0 Å². The third kappa shape index (κ3) is 4.26. The lowest BCUT2D eigenvalue weighted by molar-refractivity contribution is -0.136. The molecule has 0 N–H and O–H groups in total. The minimum atomic E-state index is -0.496. The molecular formula is C23H26ClN3O3S. The molecule has 0 bridgehead atoms. The van der Waals surface area contributed by atoms with Crippen LogP contribution in [0.3, 0.4) is 0 Å². The fraction of sp³-hybridized carbons (Fsp3) is 0.435. The molecule has 3 aliphatic heterocycles. The van der Waals surface area contributed by atoms with Crippen molar-refractivity contribution in [3.05, 3.63) is 57.2 Å². The van der Waals surface area contributed by atoms with Gasteiger partial charge in [0.2, 0.25) is 5.91 Å². The van der Waals surface area contributed by atoms with Crippen LogP contribution in [0.25, 0.3) is 0 Å². The van der Waals surface area contributed by atoms with Crippen LogP contribution in [0, 0.1) is 5.92 Å². The molecular weight excluding hydrogens is 434 g/mol. The molecule has 6 nitrogen and oxygen atoms in total. The molecule has 0 aromatic heterocycles. The van der Waals surface area contributed by atoms with Gasteiger partial charge in [-0.15, -0.1) is 0 Å². The van der Waals surface area contributed by atoms with Crippen LogP contribution in [0.2, 0.25) is 5.02 Å². The van der Waals surface area contributed by atoms with E-state index in [0.29, 0.717) is 22.2 Å². The molecule has 1 atom stereocenters. The summed E-state index contributed by atoms with van der Waals surface area (Å²) in [5, 5.41) is 3.25. The van der Waals surface area contributed by atoms with Gasteiger partial charge < -0.3 is 14.5 Å². The molecule has 1 amide bonds. The van der Waals surface area contributed by atoms with E-state index in [4.69, 9.17) is 16.3 Å². The number of benzene rings is 1. The predicted molar refractivity (Wildman–Crippen MR) is 123 cm³/mol. The number of carbonyl (C=O) groups is 2. The number of amides is 1. The highest BCUT2D eigenvalue weighted by Crippen LogP contribution is 2.46. The number of hydrogen-bond acceptors (Lipinski definition) is 6. The SMILES string of the molecule is COC(=O)C1=C(C)N=C2SC=C(CC(=O)N3CCC(C)CC3)N2[C@H]1c1ccccc1Cl. The van der Waals surface area contributed by atoms with Gasteiger partial charge >= 0.3 is 5.97 Å². The Bertz CT molecular complexity index is 996. The van der Waals surface area contributed by atoms with Gasteiger partial charge in [-0.3, -0.25) is 4.79 Å². The average molecular weight is 460 g/mol. The van der Waals surface area contributed by atoms with E-state index in [1.54, 1.807) is 13.0 Å². The van der Waals surface area contributed by atoms with Gasteiger partial charge in [0.25, 0.3) is 0 Å². The number of fused-ring (bicyclic) bond motifs is 1. The van der Waals surface area contributed by atoms with Crippen molar-refractivity contribution in [2.24, 2.45) is 10.9 Å². The van der Waals surface area contributed by atoms with Crippen LogP contribution in [0.4, 0.5) is 0 Å². The molecule has 0 spiro atoms. The maximum Gasteiger partial charge on any atom is 0.338 e. The fourth-order valence-corrected chi connectivity index (χ4v) is 5.46. The first-order chi connectivity index (χ1) is 14.9. The lowest BCUT2D eigenvalue weighted by Crippen LogP contribution is -2.41. The highest BCUT2D eigenvalue weighted by atomic mass is 35.5. The highest BCUT2D eigenvalue weighted by molar-refractivity contribution is 8.16. The molecule has 1 saturated heterocycles. The van der Waals surface area contributed by atoms with Crippen molar-refractivity contribution < 1.29 is 14.3 Å². The van der Waals surface area contributed by atoms with Crippen LogP contribution < -0.4 is 0 Å². The third-order valence-corrected chi connectivity index (χ3v) is 7.31. The zero-order valence-corrected chi connectivity index (χ0v) is 19.5. The molecule has 4 rings (SSSR count). The predicted octanol–water partition coefficient (Wildman–Crippen LogP) is 4.74. The number of ether oxygens (including phenoxy) is 1. The summed E-state index contributed by atoms with van der Waals surface area (Å²) >= 11 is 8.02. The Balaban J connectivity index is 1.68. The number of rotatable bonds is 4. The van der Waals surface area contributed by atoms with Crippen molar-refractivity contribution in [1.82, 2.24) is 9.80 Å². The summed E-state index contributed by atoms with van der Waals surface area (Å²) in [6, 6.07) is 6.96. The molecule has 0 radical (unpaired) electrons. The second kappa shape index (κ2) is 9.09. The number of esters is 1. The largest absolute Gasteiger partial charge is 0.466 e. The number of nitrogens with zero attached hydrogens (tertiary/aromatic N) is 3. The van der Waals surface area contributed by atoms with Gasteiger partial charge in [-0.2, -0.15) is 0 Å². The fourth-order valence-electron chi connectivity index (χ4n) is 4.26. The van der Waals surface area contributed by atoms with Gasteiger partial charge in [0, 0.05) is 23.8 Å². The van der Waals surface area contributed by atoms with Crippen LogP contribution >= 0.6 is 23.4 Å². The Morgan fingerprint density at radius 1 is 1.26 bits per heavy atom. The average Bonchev–Trinajstić information content (AvgIpc) is 3.15. The van der Waals surface area contributed by atoms with Gasteiger partial charge in [0.15, 0.2) is 5.17 Å². The quantitative estimate of drug-likeness (QED) is 0.609. The molecule has 3 heterocycles. The normalized spacial score (nSPS) is 21.6. The van der Waals surface area contributed by atoms with Crippen LogP contribution in [-0.4, -0.2) is 47.0 Å². The summed E-state index contributed by atoms with van der Waals surface area (Å²) in [4.78, 5) is 34.4. The van der Waals surface area contributed by atoms with E-state index >= 15 is 0 Å². The van der Waals surface area contributed by atoms with Crippen molar-refractivity contribution in [2.45, 2.75) is 39.2 Å². The number of amidine groups is 1. The summed E-state index contributed by atoms with van der Waals surface area (Å²) in [6.07, 6.45) is 2.33. The number of methoxy groups -OCH3 is 1. The van der Waals surface area contributed by atoms with Crippen LogP contribution in [0.1, 0.15) is 44.7 Å². The van der Waals surface area contributed by atoms with Crippen molar-refractivity contribution in [2.75, 3.05) is 20.2 Å². The molecule has 0 unspecified atom stereocenters. The molecule has 3 aliphatic rings. The van der Waals surface area contributed by atoms with Crippen molar-refractivity contribution in [3.8, 4) is 0 Å². The number of allylic oxidation sites excluding steroid dienone is 1. The number of likely N-dealkylation sites (tertiary alicyclic amines) is 1. The van der Waals surface area contributed by atoms with Crippen molar-refractivity contribution >= 4 is 40.4 Å². The summed E-state index contributed by atoms with van der Waals surface area (Å²) in [5.41, 5.74) is 2.64. The summed E-state index contributed by atoms with van der Waals surface area (Å²) in [6.45, 7) is 5.62. The Labute approximate surface area is 192 Å². The molecule has 1 fully saturated rings. The minimum absolute atomic E-state index is 0.101. The molecule has 164 valence electrons. The summed E-state index contributed by atoms with van der Waals surface area (Å²) in [5.74, 6) is 0.313. The van der Waals surface area contributed by atoms with Crippen LogP contribution in [0.5, 0.6) is 0 Å². The Kier molecular flexibility index (Phi) is 6.44. The number of halogens is 1. The minimum Gasteiger partial charge on any atom is -0.466 e. The standard InChI is InChI=1S/C23H26ClN3O3S/c1-14-8-10-26(11-9-14)19(28)12-16-13-31-23-25-15(2)20(22(29)30-3)21(27(16)23)17-6-4-5-7-18(17)24/h4-7,13-14,21H,8-12H2,1-3H3/t21-/m0/s1. The van der Waals surface area contributed by atoms with E-state index in [0.717, 1.165) is 42.4 Å². The Morgan fingerprint density at radius 2 is 1.97 bits per heavy atom.